The standard InChI is InChI=1S/C26H25N3O3/c1-31-23-15-14-20(17-24(23)32-2)26(30)27-18-25-28-21-12-6-7-13-22(21)29(25)16-8-11-19-9-4-3-5-10-19/h3-15,17H,16,18H2,1-2H3,(H,27,30)/b11-8+. The highest BCUT2D eigenvalue weighted by Gasteiger charge is 2.14. The quantitative estimate of drug-likeness (QED) is 0.443. The second-order valence-corrected chi connectivity index (χ2v) is 7.19. The Labute approximate surface area is 187 Å². The number of hydrogen-bond acceptors (Lipinski definition) is 4. The number of ether oxygens (including phenoxy) is 2. The number of allylic oxidation sites excluding steroid dienone is 1. The molecule has 6 nitrogen and oxygen atoms in total. The monoisotopic (exact) mass is 427 g/mol. The van der Waals surface area contributed by atoms with Crippen LogP contribution in [0.3, 0.4) is 0 Å². The highest BCUT2D eigenvalue weighted by molar-refractivity contribution is 5.94. The van der Waals surface area contributed by atoms with Crippen LogP contribution in [0.5, 0.6) is 11.5 Å². The van der Waals surface area contributed by atoms with E-state index in [2.05, 4.69) is 34.2 Å². The van der Waals surface area contributed by atoms with Gasteiger partial charge in [-0.05, 0) is 35.9 Å². The van der Waals surface area contributed by atoms with Gasteiger partial charge in [0.2, 0.25) is 0 Å². The smallest absolute Gasteiger partial charge is 0.251 e. The number of nitrogens with one attached hydrogen (secondary N) is 1. The van der Waals surface area contributed by atoms with Crippen molar-refractivity contribution in [2.75, 3.05) is 14.2 Å². The molecule has 0 bridgehead atoms. The first-order valence-corrected chi connectivity index (χ1v) is 10.4. The predicted molar refractivity (Wildman–Crippen MR) is 126 cm³/mol. The molecule has 1 amide bonds. The van der Waals surface area contributed by atoms with Crippen LogP contribution in [0.4, 0.5) is 0 Å². The third-order valence-electron chi connectivity index (χ3n) is 5.18. The van der Waals surface area contributed by atoms with Crippen molar-refractivity contribution in [1.82, 2.24) is 14.9 Å². The summed E-state index contributed by atoms with van der Waals surface area (Å²) in [6, 6.07) is 23.2. The number of carbonyl (C=O) groups is 1. The number of hydrogen-bond donors (Lipinski definition) is 1. The van der Waals surface area contributed by atoms with Gasteiger partial charge >= 0.3 is 0 Å². The second kappa shape index (κ2) is 9.83. The van der Waals surface area contributed by atoms with E-state index in [9.17, 15) is 4.79 Å². The molecule has 6 heteroatoms. The van der Waals surface area contributed by atoms with Crippen molar-refractivity contribution >= 4 is 23.0 Å². The van der Waals surface area contributed by atoms with Gasteiger partial charge in [0.25, 0.3) is 5.91 Å². The molecule has 0 aliphatic carbocycles. The van der Waals surface area contributed by atoms with Gasteiger partial charge in [-0.25, -0.2) is 4.98 Å². The van der Waals surface area contributed by atoms with Crippen LogP contribution in [0.1, 0.15) is 21.7 Å². The number of amides is 1. The van der Waals surface area contributed by atoms with Gasteiger partial charge < -0.3 is 19.4 Å². The van der Waals surface area contributed by atoms with E-state index in [1.165, 1.54) is 0 Å². The molecule has 1 N–H and O–H groups in total. The van der Waals surface area contributed by atoms with Crippen molar-refractivity contribution in [1.29, 1.82) is 0 Å². The topological polar surface area (TPSA) is 65.4 Å². The lowest BCUT2D eigenvalue weighted by atomic mass is 10.2. The number of fused-ring (bicyclic) bond motifs is 1. The molecular weight excluding hydrogens is 402 g/mol. The molecule has 0 radical (unpaired) electrons. The number of carbonyl (C=O) groups excluding carboxylic acids is 1. The van der Waals surface area contributed by atoms with Crippen LogP contribution in [0.15, 0.2) is 78.9 Å². The summed E-state index contributed by atoms with van der Waals surface area (Å²) in [4.78, 5) is 17.5. The molecule has 3 aromatic carbocycles. The molecule has 4 aromatic rings. The van der Waals surface area contributed by atoms with Crippen LogP contribution in [-0.2, 0) is 13.1 Å². The minimum absolute atomic E-state index is 0.204. The van der Waals surface area contributed by atoms with Crippen molar-refractivity contribution in [3.8, 4) is 11.5 Å². The SMILES string of the molecule is COc1ccc(C(=O)NCc2nc3ccccc3n2C/C=C/c2ccccc2)cc1OC. The van der Waals surface area contributed by atoms with Crippen molar-refractivity contribution in [3.05, 3.63) is 95.8 Å². The first-order valence-electron chi connectivity index (χ1n) is 10.4. The van der Waals surface area contributed by atoms with Gasteiger partial charge in [0, 0.05) is 12.1 Å². The van der Waals surface area contributed by atoms with E-state index in [-0.39, 0.29) is 5.91 Å². The largest absolute Gasteiger partial charge is 0.493 e. The second-order valence-electron chi connectivity index (χ2n) is 7.19. The molecule has 0 aliphatic rings. The Hall–Kier alpha value is -4.06. The number of aromatic nitrogens is 2. The Balaban J connectivity index is 1.53. The molecule has 162 valence electrons. The van der Waals surface area contributed by atoms with Crippen molar-refractivity contribution < 1.29 is 14.3 Å². The Morgan fingerprint density at radius 2 is 1.72 bits per heavy atom. The number of benzene rings is 3. The maximum absolute atomic E-state index is 12.8. The zero-order valence-electron chi connectivity index (χ0n) is 18.1. The Kier molecular flexibility index (Phi) is 6.51. The Morgan fingerprint density at radius 1 is 0.969 bits per heavy atom. The number of methoxy groups -OCH3 is 2. The van der Waals surface area contributed by atoms with E-state index in [0.29, 0.717) is 30.2 Å². The number of para-hydroxylation sites is 2. The van der Waals surface area contributed by atoms with Crippen LogP contribution in [0.2, 0.25) is 0 Å². The molecule has 32 heavy (non-hydrogen) atoms. The number of nitrogens with zero attached hydrogens (tertiary/aromatic N) is 2. The molecule has 4 rings (SSSR count). The minimum Gasteiger partial charge on any atom is -0.493 e. The highest BCUT2D eigenvalue weighted by Crippen LogP contribution is 2.27. The first-order chi connectivity index (χ1) is 15.7. The van der Waals surface area contributed by atoms with E-state index in [0.717, 1.165) is 22.4 Å². The van der Waals surface area contributed by atoms with Crippen molar-refractivity contribution in [2.45, 2.75) is 13.1 Å². The first kappa shape index (κ1) is 21.2. The van der Waals surface area contributed by atoms with Crippen LogP contribution in [-0.4, -0.2) is 29.7 Å². The fourth-order valence-electron chi connectivity index (χ4n) is 3.56. The number of imidazole rings is 1. The zero-order chi connectivity index (χ0) is 22.3. The van der Waals surface area contributed by atoms with Gasteiger partial charge in [-0.1, -0.05) is 54.6 Å². The van der Waals surface area contributed by atoms with Gasteiger partial charge in [0.1, 0.15) is 5.82 Å². The highest BCUT2D eigenvalue weighted by atomic mass is 16.5. The van der Waals surface area contributed by atoms with E-state index in [4.69, 9.17) is 14.5 Å². The van der Waals surface area contributed by atoms with Gasteiger partial charge in [-0.2, -0.15) is 0 Å². The zero-order valence-corrected chi connectivity index (χ0v) is 18.1. The fraction of sp³-hybridized carbons (Fsp3) is 0.154. The molecule has 1 aromatic heterocycles. The molecule has 0 saturated heterocycles. The maximum Gasteiger partial charge on any atom is 0.251 e. The molecule has 0 aliphatic heterocycles. The molecule has 0 unspecified atom stereocenters. The summed E-state index contributed by atoms with van der Waals surface area (Å²) in [6.45, 7) is 0.956. The Morgan fingerprint density at radius 3 is 2.50 bits per heavy atom. The normalized spacial score (nSPS) is 11.1. The fourth-order valence-corrected chi connectivity index (χ4v) is 3.56. The summed E-state index contributed by atoms with van der Waals surface area (Å²) >= 11 is 0. The molecule has 0 fully saturated rings. The molecule has 0 atom stereocenters. The van der Waals surface area contributed by atoms with E-state index >= 15 is 0 Å². The van der Waals surface area contributed by atoms with E-state index in [1.54, 1.807) is 32.4 Å². The average Bonchev–Trinajstić information content (AvgIpc) is 3.20. The summed E-state index contributed by atoms with van der Waals surface area (Å²) < 4.78 is 12.7. The summed E-state index contributed by atoms with van der Waals surface area (Å²) in [5.74, 6) is 1.68. The summed E-state index contributed by atoms with van der Waals surface area (Å²) in [6.07, 6.45) is 4.18. The van der Waals surface area contributed by atoms with Gasteiger partial charge in [-0.15, -0.1) is 0 Å². The molecule has 0 spiro atoms. The third-order valence-corrected chi connectivity index (χ3v) is 5.18. The minimum atomic E-state index is -0.204. The summed E-state index contributed by atoms with van der Waals surface area (Å²) in [5.41, 5.74) is 3.56. The van der Waals surface area contributed by atoms with E-state index < -0.39 is 0 Å². The van der Waals surface area contributed by atoms with Crippen LogP contribution in [0.25, 0.3) is 17.1 Å². The maximum atomic E-state index is 12.8. The molecule has 1 heterocycles. The predicted octanol–water partition coefficient (Wildman–Crippen LogP) is 4.70. The van der Waals surface area contributed by atoms with Crippen molar-refractivity contribution in [3.63, 3.8) is 0 Å². The van der Waals surface area contributed by atoms with Crippen LogP contribution >= 0.6 is 0 Å². The van der Waals surface area contributed by atoms with Gasteiger partial charge in [0.05, 0.1) is 31.8 Å². The van der Waals surface area contributed by atoms with Gasteiger partial charge in [0.15, 0.2) is 11.5 Å². The third kappa shape index (κ3) is 4.64. The summed E-state index contributed by atoms with van der Waals surface area (Å²) in [7, 11) is 3.11. The van der Waals surface area contributed by atoms with Crippen LogP contribution < -0.4 is 14.8 Å². The Bertz CT molecular complexity index is 1250. The lowest BCUT2D eigenvalue weighted by Gasteiger charge is -2.11. The van der Waals surface area contributed by atoms with Crippen molar-refractivity contribution in [2.24, 2.45) is 0 Å². The molecule has 0 saturated carbocycles. The van der Waals surface area contributed by atoms with Crippen LogP contribution in [0, 0.1) is 0 Å². The number of rotatable bonds is 8. The molecular formula is C26H25N3O3. The lowest BCUT2D eigenvalue weighted by molar-refractivity contribution is 0.0949. The lowest BCUT2D eigenvalue weighted by Crippen LogP contribution is -2.24. The van der Waals surface area contributed by atoms with E-state index in [1.807, 2.05) is 42.5 Å². The average molecular weight is 428 g/mol. The summed E-state index contributed by atoms with van der Waals surface area (Å²) in [5, 5.41) is 2.97. The van der Waals surface area contributed by atoms with Gasteiger partial charge in [-0.3, -0.25) is 4.79 Å².